The Labute approximate surface area is 196 Å². The predicted molar refractivity (Wildman–Crippen MR) is 134 cm³/mol. The Balaban J connectivity index is 1.50. The standard InChI is InChI=1S/C26H23N3O3S/c1-16-6-4-7-17(2)23(16)28-26-29-25(31)22(33-26)15-18-8-5-9-20(14-18)27-24(30)19-10-12-21(32-3)13-11-19/h4-15H,1-3H3,(H,27,30)(H,28,29,31)/b22-15-. The van der Waals surface area contributed by atoms with Crippen molar-refractivity contribution in [1.29, 1.82) is 0 Å². The summed E-state index contributed by atoms with van der Waals surface area (Å²) in [5.74, 6) is 0.268. The van der Waals surface area contributed by atoms with E-state index in [1.54, 1.807) is 43.5 Å². The van der Waals surface area contributed by atoms with Crippen molar-refractivity contribution >= 4 is 46.2 Å². The molecule has 1 aliphatic rings. The fourth-order valence-corrected chi connectivity index (χ4v) is 4.20. The van der Waals surface area contributed by atoms with Crippen LogP contribution in [0.2, 0.25) is 0 Å². The molecule has 0 aliphatic carbocycles. The lowest BCUT2D eigenvalue weighted by molar-refractivity contribution is -0.115. The maximum atomic E-state index is 12.5. The second kappa shape index (κ2) is 9.75. The molecular weight excluding hydrogens is 434 g/mol. The molecule has 0 bridgehead atoms. The molecule has 0 atom stereocenters. The number of amides is 2. The van der Waals surface area contributed by atoms with E-state index >= 15 is 0 Å². The topological polar surface area (TPSA) is 79.8 Å². The van der Waals surface area contributed by atoms with Gasteiger partial charge < -0.3 is 15.4 Å². The number of anilines is 1. The highest BCUT2D eigenvalue weighted by atomic mass is 32.2. The van der Waals surface area contributed by atoms with Crippen molar-refractivity contribution in [2.75, 3.05) is 12.4 Å². The van der Waals surface area contributed by atoms with Gasteiger partial charge in [0.1, 0.15) is 5.75 Å². The van der Waals surface area contributed by atoms with Crippen molar-refractivity contribution in [3.63, 3.8) is 0 Å². The fourth-order valence-electron chi connectivity index (χ4n) is 3.37. The van der Waals surface area contributed by atoms with Crippen LogP contribution in [0.1, 0.15) is 27.0 Å². The van der Waals surface area contributed by atoms with Crippen LogP contribution in [0.4, 0.5) is 11.4 Å². The zero-order valence-corrected chi connectivity index (χ0v) is 19.3. The molecule has 0 saturated carbocycles. The Morgan fingerprint density at radius 2 is 1.73 bits per heavy atom. The average molecular weight is 458 g/mol. The van der Waals surface area contributed by atoms with Crippen molar-refractivity contribution in [2.24, 2.45) is 4.99 Å². The van der Waals surface area contributed by atoms with Crippen LogP contribution in [0.3, 0.4) is 0 Å². The number of rotatable bonds is 5. The summed E-state index contributed by atoms with van der Waals surface area (Å²) in [6, 6.07) is 20.2. The first-order chi connectivity index (χ1) is 15.9. The van der Waals surface area contributed by atoms with E-state index < -0.39 is 0 Å². The normalized spacial score (nSPS) is 15.5. The number of aryl methyl sites for hydroxylation is 2. The van der Waals surface area contributed by atoms with Gasteiger partial charge >= 0.3 is 0 Å². The summed E-state index contributed by atoms with van der Waals surface area (Å²) in [6.45, 7) is 3.99. The van der Waals surface area contributed by atoms with Gasteiger partial charge in [-0.2, -0.15) is 0 Å². The van der Waals surface area contributed by atoms with Gasteiger partial charge in [0.05, 0.1) is 17.7 Å². The van der Waals surface area contributed by atoms with Crippen LogP contribution in [0.25, 0.3) is 6.08 Å². The average Bonchev–Trinajstić information content (AvgIpc) is 3.15. The minimum atomic E-state index is -0.224. The number of amidine groups is 1. The van der Waals surface area contributed by atoms with E-state index in [1.165, 1.54) is 11.8 Å². The van der Waals surface area contributed by atoms with Crippen LogP contribution in [-0.4, -0.2) is 24.1 Å². The monoisotopic (exact) mass is 457 g/mol. The molecule has 166 valence electrons. The zero-order chi connectivity index (χ0) is 23.4. The smallest absolute Gasteiger partial charge is 0.264 e. The maximum Gasteiger partial charge on any atom is 0.264 e. The van der Waals surface area contributed by atoms with Gasteiger partial charge in [-0.05, 0) is 84.8 Å². The minimum absolute atomic E-state index is 0.197. The third kappa shape index (κ3) is 5.32. The largest absolute Gasteiger partial charge is 0.497 e. The van der Waals surface area contributed by atoms with Gasteiger partial charge in [-0.25, -0.2) is 4.99 Å². The van der Waals surface area contributed by atoms with Crippen LogP contribution in [0, 0.1) is 13.8 Å². The van der Waals surface area contributed by atoms with Gasteiger partial charge in [0.25, 0.3) is 11.8 Å². The Kier molecular flexibility index (Phi) is 6.60. The summed E-state index contributed by atoms with van der Waals surface area (Å²) in [5.41, 5.74) is 4.93. The molecule has 2 N–H and O–H groups in total. The number of aliphatic imine (C=N–C) groups is 1. The summed E-state index contributed by atoms with van der Waals surface area (Å²) in [4.78, 5) is 30.2. The lowest BCUT2D eigenvalue weighted by atomic mass is 10.1. The van der Waals surface area contributed by atoms with E-state index in [1.807, 2.05) is 50.2 Å². The molecule has 0 aromatic heterocycles. The first-order valence-corrected chi connectivity index (χ1v) is 11.2. The first kappa shape index (κ1) is 22.4. The maximum absolute atomic E-state index is 12.5. The summed E-state index contributed by atoms with van der Waals surface area (Å²) in [7, 11) is 1.58. The third-order valence-corrected chi connectivity index (χ3v) is 6.01. The van der Waals surface area contributed by atoms with E-state index in [4.69, 9.17) is 4.74 Å². The van der Waals surface area contributed by atoms with Crippen LogP contribution in [0.5, 0.6) is 5.75 Å². The summed E-state index contributed by atoms with van der Waals surface area (Å²) in [5, 5.41) is 6.27. The van der Waals surface area contributed by atoms with E-state index in [9.17, 15) is 9.59 Å². The number of carbonyl (C=O) groups excluding carboxylic acids is 2. The molecular formula is C26H23N3O3S. The lowest BCUT2D eigenvalue weighted by Gasteiger charge is -2.07. The van der Waals surface area contributed by atoms with E-state index in [0.717, 1.165) is 22.4 Å². The van der Waals surface area contributed by atoms with Crippen molar-refractivity contribution in [2.45, 2.75) is 13.8 Å². The molecule has 3 aromatic carbocycles. The lowest BCUT2D eigenvalue weighted by Crippen LogP contribution is -2.19. The van der Waals surface area contributed by atoms with Crippen molar-refractivity contribution < 1.29 is 14.3 Å². The number of para-hydroxylation sites is 1. The predicted octanol–water partition coefficient (Wildman–Crippen LogP) is 5.46. The summed E-state index contributed by atoms with van der Waals surface area (Å²) < 4.78 is 5.13. The number of carbonyl (C=O) groups is 2. The SMILES string of the molecule is COc1ccc(C(=O)Nc2cccc(/C=C3\SC(=Nc4c(C)cccc4C)NC3=O)c2)cc1. The highest BCUT2D eigenvalue weighted by Crippen LogP contribution is 2.31. The molecule has 2 amide bonds. The van der Waals surface area contributed by atoms with Crippen LogP contribution >= 0.6 is 11.8 Å². The van der Waals surface area contributed by atoms with Gasteiger partial charge in [-0.3, -0.25) is 9.59 Å². The number of benzene rings is 3. The molecule has 0 radical (unpaired) electrons. The van der Waals surface area contributed by atoms with Crippen molar-refractivity contribution in [3.8, 4) is 5.75 Å². The Morgan fingerprint density at radius 1 is 1.03 bits per heavy atom. The van der Waals surface area contributed by atoms with Gasteiger partial charge in [0, 0.05) is 11.3 Å². The molecule has 6 nitrogen and oxygen atoms in total. The number of methoxy groups -OCH3 is 1. The Morgan fingerprint density at radius 3 is 2.42 bits per heavy atom. The Hall–Kier alpha value is -3.84. The molecule has 33 heavy (non-hydrogen) atoms. The number of ether oxygens (including phenoxy) is 1. The summed E-state index contributed by atoms with van der Waals surface area (Å²) in [6.07, 6.45) is 1.79. The van der Waals surface area contributed by atoms with E-state index in [2.05, 4.69) is 15.6 Å². The van der Waals surface area contributed by atoms with Crippen molar-refractivity contribution in [3.05, 3.63) is 93.9 Å². The van der Waals surface area contributed by atoms with Gasteiger partial charge in [-0.1, -0.05) is 30.3 Å². The quantitative estimate of drug-likeness (QED) is 0.499. The molecule has 7 heteroatoms. The first-order valence-electron chi connectivity index (χ1n) is 10.3. The van der Waals surface area contributed by atoms with E-state index in [0.29, 0.717) is 27.1 Å². The molecule has 0 spiro atoms. The highest BCUT2D eigenvalue weighted by molar-refractivity contribution is 8.18. The number of hydrogen-bond donors (Lipinski definition) is 2. The van der Waals surface area contributed by atoms with Crippen LogP contribution < -0.4 is 15.4 Å². The zero-order valence-electron chi connectivity index (χ0n) is 18.5. The summed E-state index contributed by atoms with van der Waals surface area (Å²) >= 11 is 1.30. The van der Waals surface area contributed by atoms with Gasteiger partial charge in [0.15, 0.2) is 5.17 Å². The molecule has 1 aliphatic heterocycles. The number of nitrogens with zero attached hydrogens (tertiary/aromatic N) is 1. The molecule has 1 saturated heterocycles. The molecule has 1 fully saturated rings. The molecule has 1 heterocycles. The highest BCUT2D eigenvalue weighted by Gasteiger charge is 2.24. The van der Waals surface area contributed by atoms with Gasteiger partial charge in [-0.15, -0.1) is 0 Å². The van der Waals surface area contributed by atoms with Crippen molar-refractivity contribution in [1.82, 2.24) is 5.32 Å². The second-order valence-corrected chi connectivity index (χ2v) is 8.56. The minimum Gasteiger partial charge on any atom is -0.497 e. The van der Waals surface area contributed by atoms with Gasteiger partial charge in [0.2, 0.25) is 0 Å². The van der Waals surface area contributed by atoms with Crippen LogP contribution in [-0.2, 0) is 4.79 Å². The number of nitrogens with one attached hydrogen (secondary N) is 2. The van der Waals surface area contributed by atoms with Crippen LogP contribution in [0.15, 0.2) is 76.6 Å². The Bertz CT molecular complexity index is 1260. The van der Waals surface area contributed by atoms with E-state index in [-0.39, 0.29) is 11.8 Å². The molecule has 4 rings (SSSR count). The number of thioether (sulfide) groups is 1. The molecule has 3 aromatic rings. The third-order valence-electron chi connectivity index (χ3n) is 5.10. The number of hydrogen-bond acceptors (Lipinski definition) is 5. The molecule has 0 unspecified atom stereocenters. The fraction of sp³-hybridized carbons (Fsp3) is 0.115. The second-order valence-electron chi connectivity index (χ2n) is 7.53.